The highest BCUT2D eigenvalue weighted by Gasteiger charge is 2.07. The Balaban J connectivity index is 2.61. The second-order valence-electron chi connectivity index (χ2n) is 3.53. The van der Waals surface area contributed by atoms with Crippen LogP contribution in [0.15, 0.2) is 29.1 Å². The molecule has 0 unspecified atom stereocenters. The molecule has 1 aromatic carbocycles. The van der Waals surface area contributed by atoms with Gasteiger partial charge in [0, 0.05) is 18.5 Å². The van der Waals surface area contributed by atoms with E-state index in [1.165, 1.54) is 4.57 Å². The van der Waals surface area contributed by atoms with Crippen LogP contribution in [0.5, 0.6) is 0 Å². The quantitative estimate of drug-likeness (QED) is 0.781. The highest BCUT2D eigenvalue weighted by atomic mass is 16.3. The van der Waals surface area contributed by atoms with Crippen LogP contribution in [0.25, 0.3) is 10.9 Å². The lowest BCUT2D eigenvalue weighted by atomic mass is 10.2. The first-order valence-electron chi connectivity index (χ1n) is 5.10. The van der Waals surface area contributed by atoms with Gasteiger partial charge in [0.25, 0.3) is 0 Å². The van der Waals surface area contributed by atoms with Gasteiger partial charge in [-0.05, 0) is 18.6 Å². The zero-order valence-corrected chi connectivity index (χ0v) is 8.76. The van der Waals surface area contributed by atoms with Gasteiger partial charge in [0.2, 0.25) is 0 Å². The van der Waals surface area contributed by atoms with Crippen LogP contribution in [-0.4, -0.2) is 21.3 Å². The van der Waals surface area contributed by atoms with Gasteiger partial charge in [-0.2, -0.15) is 4.98 Å². The smallest absolute Gasteiger partial charge is 0.349 e. The van der Waals surface area contributed by atoms with Crippen molar-refractivity contribution < 1.29 is 5.11 Å². The highest BCUT2D eigenvalue weighted by Crippen LogP contribution is 2.16. The number of aliphatic hydroxyl groups is 1. The molecule has 5 heteroatoms. The molecule has 0 atom stereocenters. The van der Waals surface area contributed by atoms with Crippen LogP contribution in [0.3, 0.4) is 0 Å². The Morgan fingerprint density at radius 2 is 2.12 bits per heavy atom. The molecule has 0 aliphatic heterocycles. The zero-order valence-electron chi connectivity index (χ0n) is 8.76. The van der Waals surface area contributed by atoms with E-state index in [0.29, 0.717) is 24.3 Å². The van der Waals surface area contributed by atoms with Crippen molar-refractivity contribution in [1.29, 1.82) is 0 Å². The van der Waals surface area contributed by atoms with Gasteiger partial charge >= 0.3 is 5.69 Å². The Morgan fingerprint density at radius 1 is 1.38 bits per heavy atom. The SMILES string of the molecule is Nc1c2ccccc2nc(=O)n1CCCO. The summed E-state index contributed by atoms with van der Waals surface area (Å²) in [6.45, 7) is 0.414. The third-order valence-corrected chi connectivity index (χ3v) is 2.46. The minimum atomic E-state index is -0.371. The van der Waals surface area contributed by atoms with Crippen LogP contribution in [0.4, 0.5) is 5.82 Å². The first-order chi connectivity index (χ1) is 7.74. The number of benzene rings is 1. The predicted octanol–water partition coefficient (Wildman–Crippen LogP) is 0.361. The van der Waals surface area contributed by atoms with Gasteiger partial charge in [0.15, 0.2) is 0 Å². The standard InChI is InChI=1S/C11H13N3O2/c12-10-8-4-1-2-5-9(8)13-11(16)14(10)6-3-7-15/h1-2,4-5,15H,3,6-7,12H2. The third kappa shape index (κ3) is 1.77. The molecule has 0 aliphatic carbocycles. The molecule has 0 aliphatic rings. The van der Waals surface area contributed by atoms with Crippen molar-refractivity contribution >= 4 is 16.7 Å². The number of hydrogen-bond acceptors (Lipinski definition) is 4. The molecule has 0 radical (unpaired) electrons. The Morgan fingerprint density at radius 3 is 2.88 bits per heavy atom. The summed E-state index contributed by atoms with van der Waals surface area (Å²) in [6.07, 6.45) is 0.490. The largest absolute Gasteiger partial charge is 0.396 e. The maximum atomic E-state index is 11.7. The molecular weight excluding hydrogens is 206 g/mol. The summed E-state index contributed by atoms with van der Waals surface area (Å²) in [5.74, 6) is 0.407. The van der Waals surface area contributed by atoms with Gasteiger partial charge < -0.3 is 10.8 Å². The number of nitrogen functional groups attached to an aromatic ring is 1. The van der Waals surface area contributed by atoms with E-state index >= 15 is 0 Å². The normalized spacial score (nSPS) is 10.8. The third-order valence-electron chi connectivity index (χ3n) is 2.46. The Labute approximate surface area is 92.2 Å². The summed E-state index contributed by atoms with van der Waals surface area (Å²) < 4.78 is 1.39. The van der Waals surface area contributed by atoms with E-state index in [-0.39, 0.29) is 12.3 Å². The summed E-state index contributed by atoms with van der Waals surface area (Å²) >= 11 is 0. The number of anilines is 1. The molecule has 0 saturated carbocycles. The molecule has 2 rings (SSSR count). The summed E-state index contributed by atoms with van der Waals surface area (Å²) in [4.78, 5) is 15.6. The monoisotopic (exact) mass is 219 g/mol. The first kappa shape index (κ1) is 10.6. The van der Waals surface area contributed by atoms with E-state index in [1.54, 1.807) is 6.07 Å². The zero-order chi connectivity index (χ0) is 11.5. The molecule has 16 heavy (non-hydrogen) atoms. The van der Waals surface area contributed by atoms with Gasteiger partial charge in [-0.15, -0.1) is 0 Å². The second kappa shape index (κ2) is 4.32. The number of aliphatic hydroxyl groups excluding tert-OH is 1. The van der Waals surface area contributed by atoms with Gasteiger partial charge in [0.05, 0.1) is 5.52 Å². The fraction of sp³-hybridized carbons (Fsp3) is 0.273. The van der Waals surface area contributed by atoms with E-state index in [9.17, 15) is 4.79 Å². The number of hydrogen-bond donors (Lipinski definition) is 2. The molecule has 0 spiro atoms. The lowest BCUT2D eigenvalue weighted by molar-refractivity contribution is 0.279. The Bertz CT molecular complexity index is 563. The van der Waals surface area contributed by atoms with E-state index in [0.717, 1.165) is 5.39 Å². The average molecular weight is 219 g/mol. The summed E-state index contributed by atoms with van der Waals surface area (Å²) in [6, 6.07) is 7.24. The molecule has 2 aromatic rings. The number of fused-ring (bicyclic) bond motifs is 1. The minimum absolute atomic E-state index is 0.0265. The molecule has 0 saturated heterocycles. The number of para-hydroxylation sites is 1. The van der Waals surface area contributed by atoms with Crippen LogP contribution in [-0.2, 0) is 6.54 Å². The minimum Gasteiger partial charge on any atom is -0.396 e. The number of rotatable bonds is 3. The molecule has 0 bridgehead atoms. The Kier molecular flexibility index (Phi) is 2.87. The van der Waals surface area contributed by atoms with Crippen molar-refractivity contribution in [2.45, 2.75) is 13.0 Å². The molecule has 3 N–H and O–H groups in total. The lowest BCUT2D eigenvalue weighted by Gasteiger charge is -2.10. The van der Waals surface area contributed by atoms with Crippen LogP contribution in [0, 0.1) is 0 Å². The lowest BCUT2D eigenvalue weighted by Crippen LogP contribution is -2.26. The van der Waals surface area contributed by atoms with Gasteiger partial charge in [-0.3, -0.25) is 4.57 Å². The summed E-state index contributed by atoms with van der Waals surface area (Å²) in [5.41, 5.74) is 6.13. The van der Waals surface area contributed by atoms with Crippen LogP contribution < -0.4 is 11.4 Å². The molecule has 84 valence electrons. The van der Waals surface area contributed by atoms with Crippen LogP contribution in [0.2, 0.25) is 0 Å². The van der Waals surface area contributed by atoms with E-state index in [4.69, 9.17) is 10.8 Å². The molecule has 5 nitrogen and oxygen atoms in total. The van der Waals surface area contributed by atoms with Gasteiger partial charge in [0.1, 0.15) is 5.82 Å². The van der Waals surface area contributed by atoms with Gasteiger partial charge in [-0.25, -0.2) is 4.79 Å². The maximum absolute atomic E-state index is 11.7. The number of nitrogens with two attached hydrogens (primary N) is 1. The summed E-state index contributed by atoms with van der Waals surface area (Å²) in [7, 11) is 0. The van der Waals surface area contributed by atoms with Crippen LogP contribution >= 0.6 is 0 Å². The fourth-order valence-corrected chi connectivity index (χ4v) is 1.64. The van der Waals surface area contributed by atoms with Crippen molar-refractivity contribution in [2.24, 2.45) is 0 Å². The van der Waals surface area contributed by atoms with E-state index in [2.05, 4.69) is 4.98 Å². The Hall–Kier alpha value is -1.88. The average Bonchev–Trinajstić information content (AvgIpc) is 2.29. The maximum Gasteiger partial charge on any atom is 0.349 e. The van der Waals surface area contributed by atoms with Crippen molar-refractivity contribution in [3.8, 4) is 0 Å². The van der Waals surface area contributed by atoms with E-state index < -0.39 is 0 Å². The van der Waals surface area contributed by atoms with Gasteiger partial charge in [-0.1, -0.05) is 12.1 Å². The topological polar surface area (TPSA) is 81.1 Å². The highest BCUT2D eigenvalue weighted by molar-refractivity contribution is 5.87. The second-order valence-corrected chi connectivity index (χ2v) is 3.53. The van der Waals surface area contributed by atoms with Crippen molar-refractivity contribution in [2.75, 3.05) is 12.3 Å². The van der Waals surface area contributed by atoms with Crippen molar-refractivity contribution in [3.05, 3.63) is 34.7 Å². The first-order valence-corrected chi connectivity index (χ1v) is 5.10. The molecule has 0 amide bonds. The molecule has 0 fully saturated rings. The predicted molar refractivity (Wildman–Crippen MR) is 62.1 cm³/mol. The van der Waals surface area contributed by atoms with E-state index in [1.807, 2.05) is 18.2 Å². The van der Waals surface area contributed by atoms with Crippen molar-refractivity contribution in [3.63, 3.8) is 0 Å². The van der Waals surface area contributed by atoms with Crippen molar-refractivity contribution in [1.82, 2.24) is 9.55 Å². The molecule has 1 aromatic heterocycles. The molecule has 1 heterocycles. The molecular formula is C11H13N3O2. The van der Waals surface area contributed by atoms with Crippen LogP contribution in [0.1, 0.15) is 6.42 Å². The fourth-order valence-electron chi connectivity index (χ4n) is 1.64. The number of nitrogens with zero attached hydrogens (tertiary/aromatic N) is 2. The number of aromatic nitrogens is 2. The summed E-state index contributed by atoms with van der Waals surface area (Å²) in [5, 5.41) is 9.51.